The van der Waals surface area contributed by atoms with Crippen LogP contribution in [0.1, 0.15) is 50.5 Å². The smallest absolute Gasteiger partial charge is 0.0937 e. The van der Waals surface area contributed by atoms with E-state index in [9.17, 15) is 5.11 Å². The molecule has 3 heteroatoms. The summed E-state index contributed by atoms with van der Waals surface area (Å²) >= 11 is 6.16. The third kappa shape index (κ3) is 3.80. The van der Waals surface area contributed by atoms with Gasteiger partial charge in [0.15, 0.2) is 0 Å². The highest BCUT2D eigenvalue weighted by Gasteiger charge is 2.39. The van der Waals surface area contributed by atoms with Gasteiger partial charge in [0, 0.05) is 17.5 Å². The van der Waals surface area contributed by atoms with Gasteiger partial charge < -0.3 is 10.4 Å². The molecule has 2 fully saturated rings. The van der Waals surface area contributed by atoms with Crippen molar-refractivity contribution in [1.29, 1.82) is 0 Å². The Morgan fingerprint density at radius 3 is 2.81 bits per heavy atom. The van der Waals surface area contributed by atoms with E-state index in [0.29, 0.717) is 5.92 Å². The zero-order valence-corrected chi connectivity index (χ0v) is 13.4. The van der Waals surface area contributed by atoms with Crippen LogP contribution in [-0.4, -0.2) is 18.2 Å². The monoisotopic (exact) mass is 307 g/mol. The molecule has 2 nitrogen and oxygen atoms in total. The summed E-state index contributed by atoms with van der Waals surface area (Å²) in [6.45, 7) is 1.98. The molecule has 1 aromatic carbocycles. The summed E-state index contributed by atoms with van der Waals surface area (Å²) in [6, 6.07) is 7.83. The van der Waals surface area contributed by atoms with E-state index < -0.39 is 5.60 Å². The van der Waals surface area contributed by atoms with Crippen LogP contribution in [0.15, 0.2) is 24.3 Å². The number of aliphatic hydroxyl groups is 1. The minimum absolute atomic E-state index is 0.295. The number of benzene rings is 1. The summed E-state index contributed by atoms with van der Waals surface area (Å²) < 4.78 is 0. The van der Waals surface area contributed by atoms with Crippen LogP contribution in [0.3, 0.4) is 0 Å². The zero-order valence-electron chi connectivity index (χ0n) is 12.7. The second-order valence-corrected chi connectivity index (χ2v) is 7.25. The average Bonchev–Trinajstić information content (AvgIpc) is 3.32. The molecular formula is C18H26ClNO. The molecule has 0 bridgehead atoms. The number of rotatable bonds is 6. The van der Waals surface area contributed by atoms with E-state index in [4.69, 9.17) is 11.6 Å². The Hall–Kier alpha value is -0.570. The van der Waals surface area contributed by atoms with Crippen molar-refractivity contribution in [3.8, 4) is 0 Å². The Kier molecular flexibility index (Phi) is 4.88. The summed E-state index contributed by atoms with van der Waals surface area (Å²) in [5.74, 6) is 1.22. The maximum absolute atomic E-state index is 11.5. The molecule has 21 heavy (non-hydrogen) atoms. The van der Waals surface area contributed by atoms with Crippen molar-refractivity contribution in [3.05, 3.63) is 34.9 Å². The predicted molar refractivity (Wildman–Crippen MR) is 87.5 cm³/mol. The molecule has 116 valence electrons. The fourth-order valence-electron chi connectivity index (χ4n) is 3.67. The minimum atomic E-state index is -0.729. The fraction of sp³-hybridized carbons (Fsp3) is 0.667. The minimum Gasteiger partial charge on any atom is -0.385 e. The molecular weight excluding hydrogens is 282 g/mol. The SMILES string of the molecule is O[C@](CCCC1CC1)(c1cccc(Cl)c1)C1CCCNC1. The second-order valence-electron chi connectivity index (χ2n) is 6.81. The number of hydrogen-bond acceptors (Lipinski definition) is 2. The van der Waals surface area contributed by atoms with E-state index in [-0.39, 0.29) is 0 Å². The largest absolute Gasteiger partial charge is 0.385 e. The lowest BCUT2D eigenvalue weighted by molar-refractivity contribution is -0.0428. The molecule has 0 radical (unpaired) electrons. The lowest BCUT2D eigenvalue weighted by Crippen LogP contribution is -2.44. The van der Waals surface area contributed by atoms with Crippen molar-refractivity contribution in [2.45, 2.75) is 50.5 Å². The van der Waals surface area contributed by atoms with Gasteiger partial charge in [-0.25, -0.2) is 0 Å². The van der Waals surface area contributed by atoms with Crippen LogP contribution in [0.2, 0.25) is 5.02 Å². The van der Waals surface area contributed by atoms with Gasteiger partial charge in [0.05, 0.1) is 5.60 Å². The zero-order chi connectivity index (χ0) is 14.7. The lowest BCUT2D eigenvalue weighted by atomic mass is 9.74. The summed E-state index contributed by atoms with van der Waals surface area (Å²) in [4.78, 5) is 0. The van der Waals surface area contributed by atoms with Gasteiger partial charge in [-0.1, -0.05) is 43.0 Å². The van der Waals surface area contributed by atoms with Gasteiger partial charge in [0.2, 0.25) is 0 Å². The first-order chi connectivity index (χ1) is 10.2. The van der Waals surface area contributed by atoms with Gasteiger partial charge in [-0.15, -0.1) is 0 Å². The van der Waals surface area contributed by atoms with Gasteiger partial charge in [0.25, 0.3) is 0 Å². The Balaban J connectivity index is 1.77. The highest BCUT2D eigenvalue weighted by Crippen LogP contribution is 2.41. The number of nitrogens with one attached hydrogen (secondary N) is 1. The topological polar surface area (TPSA) is 32.3 Å². The van der Waals surface area contributed by atoms with Crippen LogP contribution < -0.4 is 5.32 Å². The normalized spacial score (nSPS) is 25.5. The summed E-state index contributed by atoms with van der Waals surface area (Å²) in [6.07, 6.45) is 8.26. The molecule has 2 N–H and O–H groups in total. The molecule has 0 spiro atoms. The average molecular weight is 308 g/mol. The lowest BCUT2D eigenvalue weighted by Gasteiger charge is -2.39. The maximum atomic E-state index is 11.5. The quantitative estimate of drug-likeness (QED) is 0.829. The maximum Gasteiger partial charge on any atom is 0.0937 e. The highest BCUT2D eigenvalue weighted by atomic mass is 35.5. The summed E-state index contributed by atoms with van der Waals surface area (Å²) in [5.41, 5.74) is 0.271. The molecule has 0 amide bonds. The molecule has 1 saturated carbocycles. The van der Waals surface area contributed by atoms with Gasteiger partial charge >= 0.3 is 0 Å². The molecule has 2 atom stereocenters. The van der Waals surface area contributed by atoms with E-state index in [1.807, 2.05) is 24.3 Å². The number of hydrogen-bond donors (Lipinski definition) is 2. The van der Waals surface area contributed by atoms with Gasteiger partial charge in [-0.3, -0.25) is 0 Å². The van der Waals surface area contributed by atoms with Crippen molar-refractivity contribution in [1.82, 2.24) is 5.32 Å². The van der Waals surface area contributed by atoms with E-state index in [1.54, 1.807) is 0 Å². The molecule has 1 heterocycles. The van der Waals surface area contributed by atoms with Crippen LogP contribution in [0.4, 0.5) is 0 Å². The van der Waals surface area contributed by atoms with E-state index in [1.165, 1.54) is 19.3 Å². The number of halogens is 1. The number of piperidine rings is 1. The second kappa shape index (κ2) is 6.68. The Morgan fingerprint density at radius 2 is 2.14 bits per heavy atom. The molecule has 1 aromatic rings. The van der Waals surface area contributed by atoms with Crippen LogP contribution in [0.25, 0.3) is 0 Å². The molecule has 1 saturated heterocycles. The van der Waals surface area contributed by atoms with E-state index in [2.05, 4.69) is 5.32 Å². The highest BCUT2D eigenvalue weighted by molar-refractivity contribution is 6.30. The van der Waals surface area contributed by atoms with Crippen LogP contribution >= 0.6 is 11.6 Å². The standard InChI is InChI=1S/C18H26ClNO/c19-17-7-1-5-15(12-17)18(21,10-2-4-14-8-9-14)16-6-3-11-20-13-16/h1,5,7,12,14,16,20-21H,2-4,6,8-11,13H2/t16?,18-/m1/s1. The first-order valence-corrected chi connectivity index (χ1v) is 8.75. The Morgan fingerprint density at radius 1 is 1.29 bits per heavy atom. The van der Waals surface area contributed by atoms with Crippen molar-refractivity contribution in [2.75, 3.05) is 13.1 Å². The molecule has 1 unspecified atom stereocenters. The van der Waals surface area contributed by atoms with Crippen LogP contribution in [0.5, 0.6) is 0 Å². The Bertz CT molecular complexity index is 468. The first kappa shape index (κ1) is 15.3. The van der Waals surface area contributed by atoms with Gasteiger partial charge in [0.1, 0.15) is 0 Å². The van der Waals surface area contributed by atoms with Crippen molar-refractivity contribution in [3.63, 3.8) is 0 Å². The summed E-state index contributed by atoms with van der Waals surface area (Å²) in [7, 11) is 0. The third-order valence-electron chi connectivity index (χ3n) is 5.16. The van der Waals surface area contributed by atoms with E-state index in [0.717, 1.165) is 55.3 Å². The summed E-state index contributed by atoms with van der Waals surface area (Å²) in [5, 5.41) is 15.6. The Labute approximate surface area is 132 Å². The fourth-order valence-corrected chi connectivity index (χ4v) is 3.86. The van der Waals surface area contributed by atoms with Gasteiger partial charge in [-0.2, -0.15) is 0 Å². The predicted octanol–water partition coefficient (Wildman–Crippen LogP) is 4.11. The molecule has 1 aliphatic heterocycles. The van der Waals surface area contributed by atoms with Crippen molar-refractivity contribution < 1.29 is 5.11 Å². The van der Waals surface area contributed by atoms with Crippen molar-refractivity contribution in [2.24, 2.45) is 11.8 Å². The third-order valence-corrected chi connectivity index (χ3v) is 5.40. The van der Waals surface area contributed by atoms with Crippen LogP contribution in [0, 0.1) is 11.8 Å². The molecule has 0 aromatic heterocycles. The molecule has 2 aliphatic rings. The van der Waals surface area contributed by atoms with Crippen molar-refractivity contribution >= 4 is 11.6 Å². The van der Waals surface area contributed by atoms with Crippen LogP contribution in [-0.2, 0) is 5.60 Å². The molecule has 1 aliphatic carbocycles. The molecule has 3 rings (SSSR count). The van der Waals surface area contributed by atoms with Gasteiger partial charge in [-0.05, 0) is 55.8 Å². The van der Waals surface area contributed by atoms with E-state index >= 15 is 0 Å². The first-order valence-electron chi connectivity index (χ1n) is 8.37.